The van der Waals surface area contributed by atoms with Gasteiger partial charge in [0.25, 0.3) is 17.7 Å². The molecule has 0 unspecified atom stereocenters. The maximum absolute atomic E-state index is 13.6. The SMILES string of the molecule is CNC(=O)c1ccc(NC(=O)c2ccccc2OCC(=O)Nc2ccccc2F)cc1. The van der Waals surface area contributed by atoms with Crippen LogP contribution in [0.5, 0.6) is 5.75 Å². The van der Waals surface area contributed by atoms with Crippen molar-refractivity contribution in [1.82, 2.24) is 5.32 Å². The van der Waals surface area contributed by atoms with Gasteiger partial charge in [-0.3, -0.25) is 14.4 Å². The van der Waals surface area contributed by atoms with Gasteiger partial charge in [0, 0.05) is 18.3 Å². The molecule has 0 aliphatic heterocycles. The fourth-order valence-corrected chi connectivity index (χ4v) is 2.72. The molecule has 3 aromatic carbocycles. The highest BCUT2D eigenvalue weighted by molar-refractivity contribution is 6.06. The standard InChI is InChI=1S/C23H20FN3O4/c1-25-22(29)15-10-12-16(13-11-15)26-23(30)17-6-2-5-9-20(17)31-14-21(28)27-19-8-4-3-7-18(19)24/h2-13H,14H2,1H3,(H,25,29)(H,26,30)(H,27,28). The molecule has 8 heteroatoms. The summed E-state index contributed by atoms with van der Waals surface area (Å²) in [4.78, 5) is 36.4. The van der Waals surface area contributed by atoms with Gasteiger partial charge in [0.1, 0.15) is 11.6 Å². The number of halogens is 1. The Kier molecular flexibility index (Phi) is 6.95. The molecule has 0 aliphatic rings. The van der Waals surface area contributed by atoms with E-state index in [1.165, 1.54) is 25.2 Å². The average Bonchev–Trinajstić information content (AvgIpc) is 2.79. The molecule has 7 nitrogen and oxygen atoms in total. The zero-order chi connectivity index (χ0) is 22.2. The van der Waals surface area contributed by atoms with Crippen LogP contribution in [0.2, 0.25) is 0 Å². The zero-order valence-corrected chi connectivity index (χ0v) is 16.6. The summed E-state index contributed by atoms with van der Waals surface area (Å²) < 4.78 is 19.1. The number of nitrogens with one attached hydrogen (secondary N) is 3. The Morgan fingerprint density at radius 2 is 1.52 bits per heavy atom. The van der Waals surface area contributed by atoms with Crippen molar-refractivity contribution in [3.05, 3.63) is 89.7 Å². The molecule has 3 N–H and O–H groups in total. The minimum Gasteiger partial charge on any atom is -0.483 e. The molecule has 3 rings (SSSR count). The van der Waals surface area contributed by atoms with Crippen LogP contribution in [0.15, 0.2) is 72.8 Å². The van der Waals surface area contributed by atoms with Crippen molar-refractivity contribution in [1.29, 1.82) is 0 Å². The number of anilines is 2. The molecule has 158 valence electrons. The Hall–Kier alpha value is -4.20. The molecule has 0 saturated heterocycles. The number of amides is 3. The lowest BCUT2D eigenvalue weighted by molar-refractivity contribution is -0.118. The Labute approximate surface area is 178 Å². The van der Waals surface area contributed by atoms with Crippen LogP contribution in [-0.2, 0) is 4.79 Å². The third kappa shape index (κ3) is 5.66. The first-order valence-electron chi connectivity index (χ1n) is 9.37. The van der Waals surface area contributed by atoms with Gasteiger partial charge >= 0.3 is 0 Å². The van der Waals surface area contributed by atoms with E-state index in [4.69, 9.17) is 4.74 Å². The summed E-state index contributed by atoms with van der Waals surface area (Å²) in [5.74, 6) is -1.60. The normalized spacial score (nSPS) is 10.1. The van der Waals surface area contributed by atoms with Crippen molar-refractivity contribution in [3.8, 4) is 5.75 Å². The van der Waals surface area contributed by atoms with Crippen molar-refractivity contribution in [2.24, 2.45) is 0 Å². The van der Waals surface area contributed by atoms with E-state index < -0.39 is 24.2 Å². The summed E-state index contributed by atoms with van der Waals surface area (Å²) in [6.45, 7) is -0.403. The first kappa shape index (κ1) is 21.5. The monoisotopic (exact) mass is 421 g/mol. The van der Waals surface area contributed by atoms with Gasteiger partial charge in [-0.2, -0.15) is 0 Å². The van der Waals surface area contributed by atoms with E-state index in [2.05, 4.69) is 16.0 Å². The Morgan fingerprint density at radius 1 is 0.839 bits per heavy atom. The summed E-state index contributed by atoms with van der Waals surface area (Å²) in [6.07, 6.45) is 0. The number of hydrogen-bond donors (Lipinski definition) is 3. The minimum absolute atomic E-state index is 0.0438. The lowest BCUT2D eigenvalue weighted by Gasteiger charge is -2.12. The predicted molar refractivity (Wildman–Crippen MR) is 115 cm³/mol. The number of benzene rings is 3. The van der Waals surface area contributed by atoms with Gasteiger partial charge in [-0.1, -0.05) is 24.3 Å². The van der Waals surface area contributed by atoms with Gasteiger partial charge in [-0.25, -0.2) is 4.39 Å². The molecule has 0 spiro atoms. The Morgan fingerprint density at radius 3 is 2.23 bits per heavy atom. The fraction of sp³-hybridized carbons (Fsp3) is 0.0870. The van der Waals surface area contributed by atoms with Gasteiger partial charge in [0.05, 0.1) is 11.3 Å². The quantitative estimate of drug-likeness (QED) is 0.544. The molecule has 0 aromatic heterocycles. The zero-order valence-electron chi connectivity index (χ0n) is 16.6. The highest BCUT2D eigenvalue weighted by Gasteiger charge is 2.14. The first-order chi connectivity index (χ1) is 15.0. The summed E-state index contributed by atoms with van der Waals surface area (Å²) >= 11 is 0. The van der Waals surface area contributed by atoms with Crippen molar-refractivity contribution >= 4 is 29.1 Å². The largest absolute Gasteiger partial charge is 0.483 e. The molecular weight excluding hydrogens is 401 g/mol. The number of ether oxygens (including phenoxy) is 1. The van der Waals surface area contributed by atoms with E-state index in [-0.39, 0.29) is 22.9 Å². The fourth-order valence-electron chi connectivity index (χ4n) is 2.72. The van der Waals surface area contributed by atoms with E-state index in [1.807, 2.05) is 0 Å². The van der Waals surface area contributed by atoms with Gasteiger partial charge < -0.3 is 20.7 Å². The Bertz CT molecular complexity index is 1100. The van der Waals surface area contributed by atoms with Crippen molar-refractivity contribution in [3.63, 3.8) is 0 Å². The highest BCUT2D eigenvalue weighted by Crippen LogP contribution is 2.20. The molecule has 31 heavy (non-hydrogen) atoms. The van der Waals surface area contributed by atoms with Crippen LogP contribution in [0.4, 0.5) is 15.8 Å². The van der Waals surface area contributed by atoms with Crippen LogP contribution in [0, 0.1) is 5.82 Å². The van der Waals surface area contributed by atoms with Gasteiger partial charge in [0.2, 0.25) is 0 Å². The van der Waals surface area contributed by atoms with Crippen molar-refractivity contribution in [2.45, 2.75) is 0 Å². The molecule has 0 heterocycles. The van der Waals surface area contributed by atoms with E-state index >= 15 is 0 Å². The number of rotatable bonds is 7. The van der Waals surface area contributed by atoms with E-state index in [0.29, 0.717) is 11.3 Å². The second-order valence-electron chi connectivity index (χ2n) is 6.42. The molecule has 3 amide bonds. The summed E-state index contributed by atoms with van der Waals surface area (Å²) in [5.41, 5.74) is 1.22. The van der Waals surface area contributed by atoms with Crippen LogP contribution in [-0.4, -0.2) is 31.4 Å². The molecule has 0 bridgehead atoms. The highest BCUT2D eigenvalue weighted by atomic mass is 19.1. The summed E-state index contributed by atoms with van der Waals surface area (Å²) in [7, 11) is 1.53. The first-order valence-corrected chi connectivity index (χ1v) is 9.37. The van der Waals surface area contributed by atoms with E-state index in [1.54, 1.807) is 54.6 Å². The van der Waals surface area contributed by atoms with E-state index in [9.17, 15) is 18.8 Å². The second-order valence-corrected chi connectivity index (χ2v) is 6.42. The maximum Gasteiger partial charge on any atom is 0.262 e. The number of para-hydroxylation sites is 2. The lowest BCUT2D eigenvalue weighted by atomic mass is 10.1. The van der Waals surface area contributed by atoms with Gasteiger partial charge in [-0.05, 0) is 48.5 Å². The summed E-state index contributed by atoms with van der Waals surface area (Å²) in [6, 6.07) is 18.6. The number of hydrogen-bond acceptors (Lipinski definition) is 4. The van der Waals surface area contributed by atoms with Crippen LogP contribution in [0.25, 0.3) is 0 Å². The molecule has 3 aromatic rings. The predicted octanol–water partition coefficient (Wildman–Crippen LogP) is 3.46. The van der Waals surface area contributed by atoms with Crippen molar-refractivity contribution in [2.75, 3.05) is 24.3 Å². The third-order valence-electron chi connectivity index (χ3n) is 4.27. The van der Waals surface area contributed by atoms with Crippen molar-refractivity contribution < 1.29 is 23.5 Å². The summed E-state index contributed by atoms with van der Waals surface area (Å²) in [5, 5.41) is 7.65. The second kappa shape index (κ2) is 10.0. The van der Waals surface area contributed by atoms with E-state index in [0.717, 1.165) is 0 Å². The molecule has 0 radical (unpaired) electrons. The van der Waals surface area contributed by atoms with Crippen LogP contribution in [0.1, 0.15) is 20.7 Å². The smallest absolute Gasteiger partial charge is 0.262 e. The molecule has 0 aliphatic carbocycles. The molecular formula is C23H20FN3O4. The third-order valence-corrected chi connectivity index (χ3v) is 4.27. The number of carbonyl (C=O) groups is 3. The van der Waals surface area contributed by atoms with Gasteiger partial charge in [0.15, 0.2) is 6.61 Å². The maximum atomic E-state index is 13.6. The van der Waals surface area contributed by atoms with Crippen LogP contribution < -0.4 is 20.7 Å². The minimum atomic E-state index is -0.565. The molecule has 0 saturated carbocycles. The van der Waals surface area contributed by atoms with Crippen LogP contribution >= 0.6 is 0 Å². The van der Waals surface area contributed by atoms with Crippen LogP contribution in [0.3, 0.4) is 0 Å². The number of carbonyl (C=O) groups excluding carboxylic acids is 3. The van der Waals surface area contributed by atoms with Gasteiger partial charge in [-0.15, -0.1) is 0 Å². The average molecular weight is 421 g/mol. The lowest BCUT2D eigenvalue weighted by Crippen LogP contribution is -2.22. The molecule has 0 atom stereocenters. The molecule has 0 fully saturated rings. The topological polar surface area (TPSA) is 96.5 Å². The Balaban J connectivity index is 1.64.